The number of nitrogens with one attached hydrogen (secondary N) is 1. The zero-order valence-electron chi connectivity index (χ0n) is 10.3. The largest absolute Gasteiger partial charge is 0.405 e. The quantitative estimate of drug-likeness (QED) is 0.677. The van der Waals surface area contributed by atoms with Crippen molar-refractivity contribution in [3.8, 4) is 6.07 Å². The second kappa shape index (κ2) is 7.89. The molecule has 0 heterocycles. The molecule has 0 bridgehead atoms. The maximum atomic E-state index is 12.3. The summed E-state index contributed by atoms with van der Waals surface area (Å²) in [4.78, 5) is 12.4. The highest BCUT2D eigenvalue weighted by Crippen LogP contribution is 2.25. The monoisotopic (exact) mass is 267 g/mol. The molecule has 1 unspecified atom stereocenters. The number of halogens is 3. The fourth-order valence-corrected chi connectivity index (χ4v) is 1.19. The molecule has 0 saturated carbocycles. The molecule has 1 atom stereocenters. The van der Waals surface area contributed by atoms with Gasteiger partial charge in [0.25, 0.3) is 0 Å². The Bertz CT molecular complexity index is 302. The first kappa shape index (κ1) is 16.7. The van der Waals surface area contributed by atoms with Gasteiger partial charge in [-0.3, -0.25) is 9.69 Å². The molecule has 1 N–H and O–H groups in total. The van der Waals surface area contributed by atoms with Crippen LogP contribution in [-0.4, -0.2) is 57.4 Å². The van der Waals surface area contributed by atoms with E-state index in [1.165, 1.54) is 20.2 Å². The van der Waals surface area contributed by atoms with Crippen molar-refractivity contribution in [2.75, 3.05) is 40.4 Å². The summed E-state index contributed by atoms with van der Waals surface area (Å²) in [5.74, 6) is -2.50. The van der Waals surface area contributed by atoms with E-state index in [0.29, 0.717) is 13.2 Å². The first-order chi connectivity index (χ1) is 8.31. The molecule has 18 heavy (non-hydrogen) atoms. The maximum Gasteiger partial charge on any atom is 0.405 e. The molecule has 0 aromatic rings. The van der Waals surface area contributed by atoms with Gasteiger partial charge in [-0.25, -0.2) is 0 Å². The summed E-state index contributed by atoms with van der Waals surface area (Å²) in [6.07, 6.45) is -4.57. The molecule has 0 fully saturated rings. The van der Waals surface area contributed by atoms with Crippen LogP contribution in [0, 0.1) is 17.2 Å². The summed E-state index contributed by atoms with van der Waals surface area (Å²) in [7, 11) is 2.82. The van der Waals surface area contributed by atoms with Crippen LogP contribution in [0.5, 0.6) is 0 Å². The van der Waals surface area contributed by atoms with E-state index < -0.39 is 24.5 Å². The SMILES string of the molecule is COCCNC(=O)CN(C)CC(C#N)C(F)(F)F. The smallest absolute Gasteiger partial charge is 0.383 e. The molecule has 1 amide bonds. The number of likely N-dealkylation sites (N-methyl/N-ethyl adjacent to an activating group) is 1. The lowest BCUT2D eigenvalue weighted by molar-refractivity contribution is -0.163. The van der Waals surface area contributed by atoms with Gasteiger partial charge in [0.15, 0.2) is 5.92 Å². The fourth-order valence-electron chi connectivity index (χ4n) is 1.19. The van der Waals surface area contributed by atoms with Crippen molar-refractivity contribution in [3.05, 3.63) is 0 Å². The first-order valence-electron chi connectivity index (χ1n) is 5.21. The molecule has 0 aromatic carbocycles. The van der Waals surface area contributed by atoms with Gasteiger partial charge in [0.1, 0.15) is 0 Å². The normalized spacial score (nSPS) is 13.2. The lowest BCUT2D eigenvalue weighted by Gasteiger charge is -2.20. The molecule has 0 aliphatic carbocycles. The van der Waals surface area contributed by atoms with E-state index >= 15 is 0 Å². The van der Waals surface area contributed by atoms with Crippen molar-refractivity contribution in [1.29, 1.82) is 5.26 Å². The van der Waals surface area contributed by atoms with Crippen LogP contribution in [0.25, 0.3) is 0 Å². The number of alkyl halides is 3. The average molecular weight is 267 g/mol. The van der Waals surface area contributed by atoms with Crippen LogP contribution < -0.4 is 5.32 Å². The Kier molecular flexibility index (Phi) is 7.31. The number of nitrogens with zero attached hydrogens (tertiary/aromatic N) is 2. The van der Waals surface area contributed by atoms with Gasteiger partial charge in [0.2, 0.25) is 5.91 Å². The molecule has 5 nitrogen and oxygen atoms in total. The molecule has 0 rings (SSSR count). The van der Waals surface area contributed by atoms with E-state index in [1.54, 1.807) is 0 Å². The molecule has 0 saturated heterocycles. The van der Waals surface area contributed by atoms with Gasteiger partial charge < -0.3 is 10.1 Å². The van der Waals surface area contributed by atoms with Gasteiger partial charge in [-0.15, -0.1) is 0 Å². The average Bonchev–Trinajstić information content (AvgIpc) is 2.24. The minimum Gasteiger partial charge on any atom is -0.383 e. The molecule has 0 aliphatic heterocycles. The van der Waals surface area contributed by atoms with Crippen molar-refractivity contribution in [2.45, 2.75) is 6.18 Å². The Morgan fingerprint density at radius 1 is 1.56 bits per heavy atom. The van der Waals surface area contributed by atoms with Crippen LogP contribution >= 0.6 is 0 Å². The van der Waals surface area contributed by atoms with Gasteiger partial charge in [0, 0.05) is 20.2 Å². The Hall–Kier alpha value is -1.33. The van der Waals surface area contributed by atoms with Crippen molar-refractivity contribution in [1.82, 2.24) is 10.2 Å². The van der Waals surface area contributed by atoms with Crippen molar-refractivity contribution < 1.29 is 22.7 Å². The molecular weight excluding hydrogens is 251 g/mol. The zero-order valence-corrected chi connectivity index (χ0v) is 10.3. The van der Waals surface area contributed by atoms with Crippen molar-refractivity contribution in [2.24, 2.45) is 5.92 Å². The van der Waals surface area contributed by atoms with Gasteiger partial charge in [-0.2, -0.15) is 18.4 Å². The molecule has 0 radical (unpaired) electrons. The summed E-state index contributed by atoms with van der Waals surface area (Å²) in [6, 6.07) is 1.18. The highest BCUT2D eigenvalue weighted by Gasteiger charge is 2.40. The van der Waals surface area contributed by atoms with Gasteiger partial charge in [0.05, 0.1) is 19.2 Å². The van der Waals surface area contributed by atoms with E-state index in [0.717, 1.165) is 4.90 Å². The Morgan fingerprint density at radius 2 is 2.17 bits per heavy atom. The Labute approximate surface area is 103 Å². The van der Waals surface area contributed by atoms with E-state index in [-0.39, 0.29) is 6.54 Å². The van der Waals surface area contributed by atoms with Crippen LogP contribution in [-0.2, 0) is 9.53 Å². The number of amides is 1. The number of carbonyl (C=O) groups excluding carboxylic acids is 1. The van der Waals surface area contributed by atoms with E-state index in [4.69, 9.17) is 10.00 Å². The topological polar surface area (TPSA) is 65.4 Å². The lowest BCUT2D eigenvalue weighted by atomic mass is 10.1. The molecule has 8 heteroatoms. The number of carbonyl (C=O) groups is 1. The van der Waals surface area contributed by atoms with Gasteiger partial charge >= 0.3 is 6.18 Å². The first-order valence-corrected chi connectivity index (χ1v) is 5.21. The maximum absolute atomic E-state index is 12.3. The predicted molar refractivity (Wildman–Crippen MR) is 57.5 cm³/mol. The summed E-state index contributed by atoms with van der Waals surface area (Å²) < 4.78 is 41.6. The van der Waals surface area contributed by atoms with E-state index in [2.05, 4.69) is 5.32 Å². The number of hydrogen-bond donors (Lipinski definition) is 1. The zero-order chi connectivity index (χ0) is 14.2. The third-order valence-corrected chi connectivity index (χ3v) is 2.09. The third kappa shape index (κ3) is 7.09. The molecule has 0 aliphatic rings. The molecule has 0 spiro atoms. The van der Waals surface area contributed by atoms with Crippen molar-refractivity contribution >= 4 is 5.91 Å². The molecular formula is C10H16F3N3O2. The highest BCUT2D eigenvalue weighted by molar-refractivity contribution is 5.77. The molecule has 104 valence electrons. The van der Waals surface area contributed by atoms with Crippen LogP contribution in [0.2, 0.25) is 0 Å². The minimum atomic E-state index is -4.57. The molecule has 0 aromatic heterocycles. The van der Waals surface area contributed by atoms with Crippen LogP contribution in [0.1, 0.15) is 0 Å². The van der Waals surface area contributed by atoms with Crippen molar-refractivity contribution in [3.63, 3.8) is 0 Å². The highest BCUT2D eigenvalue weighted by atomic mass is 19.4. The van der Waals surface area contributed by atoms with Crippen LogP contribution in [0.15, 0.2) is 0 Å². The third-order valence-electron chi connectivity index (χ3n) is 2.09. The van der Waals surface area contributed by atoms with Crippen LogP contribution in [0.4, 0.5) is 13.2 Å². The van der Waals surface area contributed by atoms with Crippen LogP contribution in [0.3, 0.4) is 0 Å². The number of ether oxygens (including phenoxy) is 1. The van der Waals surface area contributed by atoms with Gasteiger partial charge in [-0.1, -0.05) is 0 Å². The summed E-state index contributed by atoms with van der Waals surface area (Å²) in [5, 5.41) is 10.9. The Morgan fingerprint density at radius 3 is 2.61 bits per heavy atom. The van der Waals surface area contributed by atoms with Gasteiger partial charge in [-0.05, 0) is 7.05 Å². The summed E-state index contributed by atoms with van der Waals surface area (Å²) in [6.45, 7) is -0.0986. The predicted octanol–water partition coefficient (Wildman–Crippen LogP) is 0.383. The number of hydrogen-bond acceptors (Lipinski definition) is 4. The second-order valence-corrected chi connectivity index (χ2v) is 3.76. The number of rotatable bonds is 7. The van der Waals surface area contributed by atoms with E-state index in [1.807, 2.05) is 0 Å². The number of nitriles is 1. The lowest BCUT2D eigenvalue weighted by Crippen LogP contribution is -2.40. The summed E-state index contributed by atoms with van der Waals surface area (Å²) in [5.41, 5.74) is 0. The Balaban J connectivity index is 4.06. The fraction of sp³-hybridized carbons (Fsp3) is 0.800. The standard InChI is InChI=1S/C10H16F3N3O2/c1-16(6-8(5-14)10(11,12)13)7-9(17)15-3-4-18-2/h8H,3-4,6-7H2,1-2H3,(H,15,17). The summed E-state index contributed by atoms with van der Waals surface area (Å²) >= 11 is 0. The van der Waals surface area contributed by atoms with E-state index in [9.17, 15) is 18.0 Å². The minimum absolute atomic E-state index is 0.196. The second-order valence-electron chi connectivity index (χ2n) is 3.76. The number of methoxy groups -OCH3 is 1.